The molecule has 0 atom stereocenters. The molecule has 0 radical (unpaired) electrons. The van der Waals surface area contributed by atoms with Gasteiger partial charge in [0.1, 0.15) is 0 Å². The van der Waals surface area contributed by atoms with E-state index >= 15 is 0 Å². The van der Waals surface area contributed by atoms with E-state index in [4.69, 9.17) is 28.3 Å². The molecular formula is C6H5Cl2NO. The van der Waals surface area contributed by atoms with Gasteiger partial charge in [-0.2, -0.15) is 0 Å². The van der Waals surface area contributed by atoms with Crippen molar-refractivity contribution in [1.29, 1.82) is 0 Å². The highest BCUT2D eigenvalue weighted by Crippen LogP contribution is 2.21. The summed E-state index contributed by atoms with van der Waals surface area (Å²) in [5, 5.41) is 9.08. The smallest absolute Gasteiger partial charge is 0.170 e. The first-order valence-corrected chi connectivity index (χ1v) is 3.54. The van der Waals surface area contributed by atoms with Gasteiger partial charge >= 0.3 is 0 Å². The Hall–Kier alpha value is -0.470. The van der Waals surface area contributed by atoms with Crippen molar-refractivity contribution in [3.8, 4) is 5.75 Å². The fraction of sp³-hybridized carbons (Fsp3) is 0.167. The Kier molecular flexibility index (Phi) is 2.35. The van der Waals surface area contributed by atoms with Crippen molar-refractivity contribution in [3.63, 3.8) is 0 Å². The minimum atomic E-state index is -0.0279. The second-order valence-corrected chi connectivity index (χ2v) is 2.41. The van der Waals surface area contributed by atoms with Crippen molar-refractivity contribution in [1.82, 2.24) is 4.98 Å². The highest BCUT2D eigenvalue weighted by Gasteiger charge is 1.98. The molecule has 1 rings (SSSR count). The number of halogens is 2. The SMILES string of the molecule is Oc1cc(CCl)cnc1Cl. The fourth-order valence-electron chi connectivity index (χ4n) is 0.551. The van der Waals surface area contributed by atoms with Crippen LogP contribution in [0.2, 0.25) is 5.15 Å². The van der Waals surface area contributed by atoms with Gasteiger partial charge in [-0.15, -0.1) is 11.6 Å². The molecule has 0 amide bonds. The summed E-state index contributed by atoms with van der Waals surface area (Å²) in [6.45, 7) is 0. The van der Waals surface area contributed by atoms with Crippen LogP contribution in [0.4, 0.5) is 0 Å². The molecule has 0 saturated heterocycles. The van der Waals surface area contributed by atoms with Crippen LogP contribution in [0, 0.1) is 0 Å². The van der Waals surface area contributed by atoms with Gasteiger partial charge in [-0.25, -0.2) is 4.98 Å². The second-order valence-electron chi connectivity index (χ2n) is 1.79. The van der Waals surface area contributed by atoms with Gasteiger partial charge in [-0.3, -0.25) is 0 Å². The zero-order valence-electron chi connectivity index (χ0n) is 5.01. The molecule has 1 aromatic heterocycles. The lowest BCUT2D eigenvalue weighted by Gasteiger charge is -1.96. The third-order valence-corrected chi connectivity index (χ3v) is 1.63. The molecular weight excluding hydrogens is 173 g/mol. The van der Waals surface area contributed by atoms with E-state index in [1.807, 2.05) is 0 Å². The van der Waals surface area contributed by atoms with Gasteiger partial charge in [0, 0.05) is 12.1 Å². The summed E-state index contributed by atoms with van der Waals surface area (Å²) in [7, 11) is 0. The van der Waals surface area contributed by atoms with Crippen LogP contribution < -0.4 is 0 Å². The van der Waals surface area contributed by atoms with E-state index in [9.17, 15) is 0 Å². The maximum atomic E-state index is 8.98. The molecule has 1 aromatic rings. The number of aromatic nitrogens is 1. The number of hydrogen-bond acceptors (Lipinski definition) is 2. The lowest BCUT2D eigenvalue weighted by molar-refractivity contribution is 0.472. The Labute approximate surface area is 68.4 Å². The zero-order chi connectivity index (χ0) is 7.56. The average Bonchev–Trinajstić information content (AvgIpc) is 1.95. The molecule has 1 heterocycles. The molecule has 4 heteroatoms. The lowest BCUT2D eigenvalue weighted by atomic mass is 10.3. The highest BCUT2D eigenvalue weighted by atomic mass is 35.5. The van der Waals surface area contributed by atoms with Crippen LogP contribution in [-0.2, 0) is 5.88 Å². The summed E-state index contributed by atoms with van der Waals surface area (Å²) in [4.78, 5) is 3.68. The molecule has 0 aromatic carbocycles. The van der Waals surface area contributed by atoms with Gasteiger partial charge in [0.25, 0.3) is 0 Å². The maximum Gasteiger partial charge on any atom is 0.170 e. The van der Waals surface area contributed by atoms with Crippen LogP contribution in [0.5, 0.6) is 5.75 Å². The van der Waals surface area contributed by atoms with Crippen molar-refractivity contribution in [3.05, 3.63) is 23.0 Å². The summed E-state index contributed by atoms with van der Waals surface area (Å²) in [5.74, 6) is 0.303. The molecule has 1 N–H and O–H groups in total. The molecule has 0 aliphatic heterocycles. The monoisotopic (exact) mass is 177 g/mol. The molecule has 0 aliphatic carbocycles. The lowest BCUT2D eigenvalue weighted by Crippen LogP contribution is -1.81. The van der Waals surface area contributed by atoms with Crippen molar-refractivity contribution < 1.29 is 5.11 Å². The fourth-order valence-corrected chi connectivity index (χ4v) is 0.801. The molecule has 10 heavy (non-hydrogen) atoms. The number of rotatable bonds is 1. The van der Waals surface area contributed by atoms with Gasteiger partial charge in [-0.1, -0.05) is 11.6 Å². The minimum Gasteiger partial charge on any atom is -0.505 e. The highest BCUT2D eigenvalue weighted by molar-refractivity contribution is 6.30. The summed E-state index contributed by atoms with van der Waals surface area (Å²) >= 11 is 10.9. The standard InChI is InChI=1S/C6H5Cl2NO/c7-2-4-1-5(10)6(8)9-3-4/h1,3,10H,2H2. The Bertz CT molecular complexity index is 239. The van der Waals surface area contributed by atoms with Crippen LogP contribution in [0.15, 0.2) is 12.3 Å². The summed E-state index contributed by atoms with van der Waals surface area (Å²) < 4.78 is 0. The van der Waals surface area contributed by atoms with Gasteiger partial charge in [0.2, 0.25) is 0 Å². The van der Waals surface area contributed by atoms with E-state index in [2.05, 4.69) is 4.98 Å². The van der Waals surface area contributed by atoms with E-state index in [-0.39, 0.29) is 10.9 Å². The Morgan fingerprint density at radius 1 is 1.60 bits per heavy atom. The topological polar surface area (TPSA) is 33.1 Å². The summed E-state index contributed by atoms with van der Waals surface area (Å²) in [5.41, 5.74) is 0.753. The van der Waals surface area contributed by atoms with Gasteiger partial charge < -0.3 is 5.11 Å². The largest absolute Gasteiger partial charge is 0.505 e. The minimum absolute atomic E-state index is 0.0279. The van der Waals surface area contributed by atoms with Crippen LogP contribution in [0.25, 0.3) is 0 Å². The Morgan fingerprint density at radius 3 is 2.80 bits per heavy atom. The van der Waals surface area contributed by atoms with Crippen LogP contribution in [0.1, 0.15) is 5.56 Å². The van der Waals surface area contributed by atoms with E-state index in [1.165, 1.54) is 12.3 Å². The van der Waals surface area contributed by atoms with Gasteiger partial charge in [-0.05, 0) is 11.6 Å². The predicted octanol–water partition coefficient (Wildman–Crippen LogP) is 2.18. The van der Waals surface area contributed by atoms with E-state index in [1.54, 1.807) is 0 Å². The molecule has 0 saturated carbocycles. The average molecular weight is 178 g/mol. The van der Waals surface area contributed by atoms with Crippen LogP contribution in [-0.4, -0.2) is 10.1 Å². The summed E-state index contributed by atoms with van der Waals surface area (Å²) in [6.07, 6.45) is 1.52. The Balaban J connectivity index is 3.04. The number of nitrogens with zero attached hydrogens (tertiary/aromatic N) is 1. The molecule has 0 fully saturated rings. The zero-order valence-corrected chi connectivity index (χ0v) is 6.52. The number of alkyl halides is 1. The third-order valence-electron chi connectivity index (χ3n) is 1.03. The van der Waals surface area contributed by atoms with Crippen molar-refractivity contribution in [2.24, 2.45) is 0 Å². The molecule has 0 spiro atoms. The first-order valence-electron chi connectivity index (χ1n) is 2.63. The van der Waals surface area contributed by atoms with Crippen LogP contribution in [0.3, 0.4) is 0 Å². The van der Waals surface area contributed by atoms with Crippen LogP contribution >= 0.6 is 23.2 Å². The van der Waals surface area contributed by atoms with E-state index in [0.717, 1.165) is 5.56 Å². The first kappa shape index (κ1) is 7.63. The third kappa shape index (κ3) is 1.52. The van der Waals surface area contributed by atoms with Crippen molar-refractivity contribution >= 4 is 23.2 Å². The van der Waals surface area contributed by atoms with Gasteiger partial charge in [0.05, 0.1) is 0 Å². The predicted molar refractivity (Wildman–Crippen MR) is 40.5 cm³/mol. The number of hydrogen-bond donors (Lipinski definition) is 1. The molecule has 0 bridgehead atoms. The maximum absolute atomic E-state index is 8.98. The van der Waals surface area contributed by atoms with E-state index < -0.39 is 0 Å². The Morgan fingerprint density at radius 2 is 2.30 bits per heavy atom. The molecule has 2 nitrogen and oxygen atoms in total. The van der Waals surface area contributed by atoms with Gasteiger partial charge in [0.15, 0.2) is 10.9 Å². The molecule has 54 valence electrons. The quantitative estimate of drug-likeness (QED) is 0.528. The van der Waals surface area contributed by atoms with Crippen molar-refractivity contribution in [2.75, 3.05) is 0 Å². The molecule has 0 unspecified atom stereocenters. The number of pyridine rings is 1. The van der Waals surface area contributed by atoms with E-state index in [0.29, 0.717) is 5.88 Å². The number of aromatic hydroxyl groups is 1. The van der Waals surface area contributed by atoms with Crippen molar-refractivity contribution in [2.45, 2.75) is 5.88 Å². The second kappa shape index (κ2) is 3.08. The normalized spacial score (nSPS) is 9.80. The summed E-state index contributed by atoms with van der Waals surface area (Å²) in [6, 6.07) is 1.49. The first-order chi connectivity index (χ1) is 4.74. The molecule has 0 aliphatic rings.